The van der Waals surface area contributed by atoms with Crippen LogP contribution < -0.4 is 5.32 Å². The quantitative estimate of drug-likeness (QED) is 0.726. The SMILES string of the molecule is CC(C)c1cc2c3c(ccc2[nH]1)NCC3. The normalized spacial score (nSPS) is 14.6. The van der Waals surface area contributed by atoms with Crippen LogP contribution in [0.2, 0.25) is 0 Å². The summed E-state index contributed by atoms with van der Waals surface area (Å²) in [6.45, 7) is 5.53. The Kier molecular flexibility index (Phi) is 1.78. The third-order valence-corrected chi connectivity index (χ3v) is 3.25. The smallest absolute Gasteiger partial charge is 0.0460 e. The minimum absolute atomic E-state index is 0.572. The fourth-order valence-corrected chi connectivity index (χ4v) is 2.35. The summed E-state index contributed by atoms with van der Waals surface area (Å²) >= 11 is 0. The molecule has 2 N–H and O–H groups in total. The maximum atomic E-state index is 3.50. The number of benzene rings is 1. The van der Waals surface area contributed by atoms with Crippen molar-refractivity contribution in [3.8, 4) is 0 Å². The molecule has 0 amide bonds. The zero-order valence-corrected chi connectivity index (χ0v) is 9.22. The van der Waals surface area contributed by atoms with Crippen LogP contribution in [0.1, 0.15) is 31.0 Å². The van der Waals surface area contributed by atoms with Gasteiger partial charge in [-0.1, -0.05) is 13.8 Å². The highest BCUT2D eigenvalue weighted by molar-refractivity contribution is 5.89. The first-order chi connectivity index (χ1) is 7.25. The Bertz CT molecular complexity index is 508. The van der Waals surface area contributed by atoms with Crippen LogP contribution in [0.25, 0.3) is 10.9 Å². The zero-order valence-electron chi connectivity index (χ0n) is 9.22. The van der Waals surface area contributed by atoms with Crippen molar-refractivity contribution in [1.29, 1.82) is 0 Å². The van der Waals surface area contributed by atoms with Crippen LogP contribution in [-0.4, -0.2) is 11.5 Å². The van der Waals surface area contributed by atoms with E-state index in [-0.39, 0.29) is 0 Å². The van der Waals surface area contributed by atoms with E-state index in [1.54, 1.807) is 0 Å². The van der Waals surface area contributed by atoms with E-state index in [9.17, 15) is 0 Å². The van der Waals surface area contributed by atoms with Crippen LogP contribution in [0.15, 0.2) is 18.2 Å². The molecule has 2 nitrogen and oxygen atoms in total. The fourth-order valence-electron chi connectivity index (χ4n) is 2.35. The number of H-pyrrole nitrogens is 1. The molecule has 0 bridgehead atoms. The molecule has 0 atom stereocenters. The average molecular weight is 200 g/mol. The van der Waals surface area contributed by atoms with E-state index in [0.29, 0.717) is 5.92 Å². The van der Waals surface area contributed by atoms with Gasteiger partial charge in [0.1, 0.15) is 0 Å². The van der Waals surface area contributed by atoms with Gasteiger partial charge in [0.05, 0.1) is 0 Å². The van der Waals surface area contributed by atoms with E-state index in [1.165, 1.54) is 27.8 Å². The van der Waals surface area contributed by atoms with Gasteiger partial charge in [-0.2, -0.15) is 0 Å². The maximum Gasteiger partial charge on any atom is 0.0460 e. The molecule has 1 aromatic heterocycles. The van der Waals surface area contributed by atoms with Gasteiger partial charge in [-0.15, -0.1) is 0 Å². The van der Waals surface area contributed by atoms with E-state index in [2.05, 4.69) is 42.3 Å². The van der Waals surface area contributed by atoms with Crippen LogP contribution in [-0.2, 0) is 6.42 Å². The lowest BCUT2D eigenvalue weighted by Crippen LogP contribution is -1.90. The first-order valence-corrected chi connectivity index (χ1v) is 5.64. The summed E-state index contributed by atoms with van der Waals surface area (Å²) in [5.74, 6) is 0.572. The van der Waals surface area contributed by atoms with Crippen molar-refractivity contribution in [2.24, 2.45) is 0 Å². The summed E-state index contributed by atoms with van der Waals surface area (Å²) in [5, 5.41) is 4.82. The Morgan fingerprint density at radius 2 is 2.13 bits per heavy atom. The summed E-state index contributed by atoms with van der Waals surface area (Å²) in [4.78, 5) is 3.50. The molecule has 0 saturated carbocycles. The number of anilines is 1. The lowest BCUT2D eigenvalue weighted by molar-refractivity contribution is 0.836. The lowest BCUT2D eigenvalue weighted by Gasteiger charge is -1.99. The monoisotopic (exact) mass is 200 g/mol. The highest BCUT2D eigenvalue weighted by Gasteiger charge is 2.15. The average Bonchev–Trinajstić information content (AvgIpc) is 2.82. The van der Waals surface area contributed by atoms with Crippen molar-refractivity contribution in [2.45, 2.75) is 26.2 Å². The van der Waals surface area contributed by atoms with E-state index < -0.39 is 0 Å². The molecule has 2 heterocycles. The molecule has 78 valence electrons. The summed E-state index contributed by atoms with van der Waals surface area (Å²) < 4.78 is 0. The van der Waals surface area contributed by atoms with Crippen LogP contribution in [0.5, 0.6) is 0 Å². The molecule has 2 aromatic rings. The van der Waals surface area contributed by atoms with Gasteiger partial charge >= 0.3 is 0 Å². The molecule has 1 aromatic carbocycles. The van der Waals surface area contributed by atoms with Gasteiger partial charge in [0.15, 0.2) is 0 Å². The minimum atomic E-state index is 0.572. The van der Waals surface area contributed by atoms with E-state index >= 15 is 0 Å². The molecule has 0 unspecified atom stereocenters. The Hall–Kier alpha value is -1.44. The van der Waals surface area contributed by atoms with Crippen molar-refractivity contribution < 1.29 is 0 Å². The molecule has 1 aliphatic heterocycles. The van der Waals surface area contributed by atoms with Crippen molar-refractivity contribution >= 4 is 16.6 Å². The highest BCUT2D eigenvalue weighted by Crippen LogP contribution is 2.32. The Labute approximate surface area is 89.7 Å². The van der Waals surface area contributed by atoms with Crippen molar-refractivity contribution in [3.05, 3.63) is 29.5 Å². The summed E-state index contributed by atoms with van der Waals surface area (Å²) in [7, 11) is 0. The number of aromatic amines is 1. The van der Waals surface area contributed by atoms with E-state index in [4.69, 9.17) is 0 Å². The molecule has 0 fully saturated rings. The van der Waals surface area contributed by atoms with E-state index in [0.717, 1.165) is 13.0 Å². The Morgan fingerprint density at radius 3 is 2.93 bits per heavy atom. The van der Waals surface area contributed by atoms with Crippen LogP contribution in [0.3, 0.4) is 0 Å². The molecule has 0 saturated heterocycles. The first-order valence-electron chi connectivity index (χ1n) is 5.64. The second-order valence-corrected chi connectivity index (χ2v) is 4.61. The van der Waals surface area contributed by atoms with Crippen LogP contribution >= 0.6 is 0 Å². The van der Waals surface area contributed by atoms with Crippen molar-refractivity contribution in [1.82, 2.24) is 4.98 Å². The number of nitrogens with one attached hydrogen (secondary N) is 2. The van der Waals surface area contributed by atoms with Gasteiger partial charge in [0, 0.05) is 28.8 Å². The van der Waals surface area contributed by atoms with Gasteiger partial charge in [0.25, 0.3) is 0 Å². The van der Waals surface area contributed by atoms with Gasteiger partial charge in [0.2, 0.25) is 0 Å². The summed E-state index contributed by atoms with van der Waals surface area (Å²) in [6, 6.07) is 6.68. The third-order valence-electron chi connectivity index (χ3n) is 3.25. The van der Waals surface area contributed by atoms with Crippen molar-refractivity contribution in [2.75, 3.05) is 11.9 Å². The summed E-state index contributed by atoms with van der Waals surface area (Å²) in [6.07, 6.45) is 1.15. The van der Waals surface area contributed by atoms with Gasteiger partial charge in [-0.3, -0.25) is 0 Å². The molecule has 15 heavy (non-hydrogen) atoms. The minimum Gasteiger partial charge on any atom is -0.384 e. The van der Waals surface area contributed by atoms with Crippen LogP contribution in [0, 0.1) is 0 Å². The number of fused-ring (bicyclic) bond motifs is 3. The number of aromatic nitrogens is 1. The largest absolute Gasteiger partial charge is 0.384 e. The zero-order chi connectivity index (χ0) is 10.4. The molecular weight excluding hydrogens is 184 g/mol. The highest BCUT2D eigenvalue weighted by atomic mass is 14.9. The van der Waals surface area contributed by atoms with Crippen LogP contribution in [0.4, 0.5) is 5.69 Å². The first kappa shape index (κ1) is 8.84. The lowest BCUT2D eigenvalue weighted by atomic mass is 10.1. The van der Waals surface area contributed by atoms with Crippen molar-refractivity contribution in [3.63, 3.8) is 0 Å². The number of hydrogen-bond donors (Lipinski definition) is 2. The number of hydrogen-bond acceptors (Lipinski definition) is 1. The number of rotatable bonds is 1. The second-order valence-electron chi connectivity index (χ2n) is 4.61. The predicted molar refractivity (Wildman–Crippen MR) is 64.6 cm³/mol. The molecule has 0 radical (unpaired) electrons. The van der Waals surface area contributed by atoms with E-state index in [1.807, 2.05) is 0 Å². The fraction of sp³-hybridized carbons (Fsp3) is 0.385. The Morgan fingerprint density at radius 1 is 1.27 bits per heavy atom. The standard InChI is InChI=1S/C13H16N2/c1-8(2)13-7-10-9-5-6-14-11(9)3-4-12(10)15-13/h3-4,7-8,14-15H,5-6H2,1-2H3. The molecule has 3 rings (SSSR count). The summed E-state index contributed by atoms with van der Waals surface area (Å²) in [5.41, 5.74) is 5.42. The molecule has 1 aliphatic rings. The second kappa shape index (κ2) is 3.02. The topological polar surface area (TPSA) is 27.8 Å². The Balaban J connectivity index is 2.27. The van der Waals surface area contributed by atoms with Gasteiger partial charge in [-0.05, 0) is 36.1 Å². The molecule has 0 spiro atoms. The molecular formula is C13H16N2. The van der Waals surface area contributed by atoms with Gasteiger partial charge in [-0.25, -0.2) is 0 Å². The molecule has 2 heteroatoms. The van der Waals surface area contributed by atoms with Gasteiger partial charge < -0.3 is 10.3 Å². The third kappa shape index (κ3) is 1.24. The predicted octanol–water partition coefficient (Wildman–Crippen LogP) is 3.26. The maximum absolute atomic E-state index is 3.50. The molecule has 0 aliphatic carbocycles.